The molecule has 2 rings (SSSR count). The van der Waals surface area contributed by atoms with Gasteiger partial charge in [0, 0.05) is 29.2 Å². The van der Waals surface area contributed by atoms with Crippen LogP contribution >= 0.6 is 27.3 Å². The van der Waals surface area contributed by atoms with E-state index in [1.165, 1.54) is 4.88 Å². The van der Waals surface area contributed by atoms with Crippen LogP contribution in [0.5, 0.6) is 0 Å². The molecular weight excluding hydrogens is 348 g/mol. The predicted octanol–water partition coefficient (Wildman–Crippen LogP) is 4.22. The number of thiophene rings is 1. The molecule has 1 aromatic carbocycles. The fourth-order valence-electron chi connectivity index (χ4n) is 2.08. The fraction of sp³-hybridized carbons (Fsp3) is 0.312. The molecule has 2 aromatic rings. The standard InChI is InChI=1S/C16H19BrN2OS/c1-3-18-14-6-4-12(10-11(14)2)16(20)19-9-8-13-5-7-15(17)21-13/h4-7,10,18H,3,8-9H2,1-2H3,(H,19,20). The van der Waals surface area contributed by atoms with E-state index in [1.54, 1.807) is 11.3 Å². The van der Waals surface area contributed by atoms with E-state index < -0.39 is 0 Å². The van der Waals surface area contributed by atoms with E-state index in [1.807, 2.05) is 31.2 Å². The number of halogens is 1. The number of rotatable bonds is 6. The molecule has 0 saturated carbocycles. The van der Waals surface area contributed by atoms with E-state index in [0.29, 0.717) is 12.1 Å². The van der Waals surface area contributed by atoms with E-state index in [2.05, 4.69) is 39.6 Å². The number of hydrogen-bond acceptors (Lipinski definition) is 3. The van der Waals surface area contributed by atoms with Gasteiger partial charge in [-0.05, 0) is 72.1 Å². The topological polar surface area (TPSA) is 41.1 Å². The lowest BCUT2D eigenvalue weighted by Gasteiger charge is -2.10. The van der Waals surface area contributed by atoms with Crippen LogP contribution in [-0.4, -0.2) is 19.0 Å². The second-order valence-corrected chi connectivity index (χ2v) is 7.32. The van der Waals surface area contributed by atoms with Gasteiger partial charge in [0.15, 0.2) is 0 Å². The molecule has 112 valence electrons. The van der Waals surface area contributed by atoms with E-state index in [4.69, 9.17) is 0 Å². The number of aryl methyl sites for hydroxylation is 1. The Balaban J connectivity index is 1.89. The van der Waals surface area contributed by atoms with Gasteiger partial charge in [-0.2, -0.15) is 0 Å². The molecule has 0 aliphatic rings. The maximum atomic E-state index is 12.1. The lowest BCUT2D eigenvalue weighted by Crippen LogP contribution is -2.25. The lowest BCUT2D eigenvalue weighted by atomic mass is 10.1. The second kappa shape index (κ2) is 7.61. The van der Waals surface area contributed by atoms with Crippen LogP contribution in [0.2, 0.25) is 0 Å². The molecule has 21 heavy (non-hydrogen) atoms. The Morgan fingerprint density at radius 2 is 2.10 bits per heavy atom. The van der Waals surface area contributed by atoms with Gasteiger partial charge >= 0.3 is 0 Å². The number of benzene rings is 1. The highest BCUT2D eigenvalue weighted by molar-refractivity contribution is 9.11. The third-order valence-electron chi connectivity index (χ3n) is 3.14. The van der Waals surface area contributed by atoms with Crippen molar-refractivity contribution in [3.63, 3.8) is 0 Å². The molecule has 5 heteroatoms. The van der Waals surface area contributed by atoms with Gasteiger partial charge in [-0.15, -0.1) is 11.3 Å². The molecule has 0 spiro atoms. The first kappa shape index (κ1) is 16.0. The summed E-state index contributed by atoms with van der Waals surface area (Å²) in [5, 5.41) is 6.24. The Morgan fingerprint density at radius 1 is 1.29 bits per heavy atom. The quantitative estimate of drug-likeness (QED) is 0.803. The fourth-order valence-corrected chi connectivity index (χ4v) is 3.56. The van der Waals surface area contributed by atoms with Crippen LogP contribution in [0.4, 0.5) is 5.69 Å². The number of carbonyl (C=O) groups is 1. The summed E-state index contributed by atoms with van der Waals surface area (Å²) >= 11 is 5.14. The maximum Gasteiger partial charge on any atom is 0.251 e. The average Bonchev–Trinajstić information content (AvgIpc) is 2.87. The monoisotopic (exact) mass is 366 g/mol. The summed E-state index contributed by atoms with van der Waals surface area (Å²) in [5.74, 6) is -0.0169. The summed E-state index contributed by atoms with van der Waals surface area (Å²) in [6.07, 6.45) is 0.858. The second-order valence-electron chi connectivity index (χ2n) is 4.77. The maximum absolute atomic E-state index is 12.1. The number of amides is 1. The van der Waals surface area contributed by atoms with E-state index in [0.717, 1.165) is 28.0 Å². The summed E-state index contributed by atoms with van der Waals surface area (Å²) in [4.78, 5) is 13.4. The molecule has 1 heterocycles. The van der Waals surface area contributed by atoms with Crippen LogP contribution < -0.4 is 10.6 Å². The van der Waals surface area contributed by atoms with Gasteiger partial charge in [-0.3, -0.25) is 4.79 Å². The highest BCUT2D eigenvalue weighted by atomic mass is 79.9. The molecule has 0 fully saturated rings. The smallest absolute Gasteiger partial charge is 0.251 e. The van der Waals surface area contributed by atoms with Gasteiger partial charge in [-0.1, -0.05) is 0 Å². The van der Waals surface area contributed by atoms with Crippen LogP contribution in [0, 0.1) is 6.92 Å². The Morgan fingerprint density at radius 3 is 2.71 bits per heavy atom. The molecule has 1 amide bonds. The van der Waals surface area contributed by atoms with Crippen LogP contribution in [-0.2, 0) is 6.42 Å². The number of hydrogen-bond donors (Lipinski definition) is 2. The first-order valence-corrected chi connectivity index (χ1v) is 8.58. The molecule has 0 aliphatic heterocycles. The summed E-state index contributed by atoms with van der Waals surface area (Å²) < 4.78 is 1.12. The lowest BCUT2D eigenvalue weighted by molar-refractivity contribution is 0.0954. The molecule has 3 nitrogen and oxygen atoms in total. The molecule has 0 radical (unpaired) electrons. The van der Waals surface area contributed by atoms with Crippen molar-refractivity contribution in [1.82, 2.24) is 5.32 Å². The molecule has 0 bridgehead atoms. The average molecular weight is 367 g/mol. The Kier molecular flexibility index (Phi) is 5.82. The molecule has 0 saturated heterocycles. The Bertz CT molecular complexity index is 624. The zero-order chi connectivity index (χ0) is 15.2. The normalized spacial score (nSPS) is 10.4. The molecular formula is C16H19BrN2OS. The third-order valence-corrected chi connectivity index (χ3v) is 4.83. The summed E-state index contributed by atoms with van der Waals surface area (Å²) in [5.41, 5.74) is 2.88. The van der Waals surface area contributed by atoms with Crippen LogP contribution in [0.1, 0.15) is 27.7 Å². The van der Waals surface area contributed by atoms with Gasteiger partial charge in [0.05, 0.1) is 3.79 Å². The van der Waals surface area contributed by atoms with E-state index in [-0.39, 0.29) is 5.91 Å². The first-order chi connectivity index (χ1) is 10.1. The van der Waals surface area contributed by atoms with Crippen molar-refractivity contribution in [1.29, 1.82) is 0 Å². The van der Waals surface area contributed by atoms with Crippen molar-refractivity contribution in [2.24, 2.45) is 0 Å². The first-order valence-electron chi connectivity index (χ1n) is 6.97. The van der Waals surface area contributed by atoms with Crippen molar-refractivity contribution in [2.75, 3.05) is 18.4 Å². The highest BCUT2D eigenvalue weighted by Gasteiger charge is 2.07. The van der Waals surface area contributed by atoms with Gasteiger partial charge in [-0.25, -0.2) is 0 Å². The zero-order valence-electron chi connectivity index (χ0n) is 12.2. The van der Waals surface area contributed by atoms with Crippen molar-refractivity contribution >= 4 is 38.9 Å². The van der Waals surface area contributed by atoms with E-state index >= 15 is 0 Å². The van der Waals surface area contributed by atoms with E-state index in [9.17, 15) is 4.79 Å². The van der Waals surface area contributed by atoms with Crippen LogP contribution in [0.25, 0.3) is 0 Å². The Hall–Kier alpha value is -1.33. The molecule has 2 N–H and O–H groups in total. The SMILES string of the molecule is CCNc1ccc(C(=O)NCCc2ccc(Br)s2)cc1C. The molecule has 0 aliphatic carbocycles. The minimum atomic E-state index is -0.0169. The minimum absolute atomic E-state index is 0.0169. The van der Waals surface area contributed by atoms with Crippen molar-refractivity contribution < 1.29 is 4.79 Å². The summed E-state index contributed by atoms with van der Waals surface area (Å²) in [6.45, 7) is 5.60. The molecule has 1 aromatic heterocycles. The van der Waals surface area contributed by atoms with Gasteiger partial charge in [0.1, 0.15) is 0 Å². The van der Waals surface area contributed by atoms with Crippen LogP contribution in [0.3, 0.4) is 0 Å². The Labute approximate surface area is 137 Å². The van der Waals surface area contributed by atoms with Crippen molar-refractivity contribution in [3.05, 3.63) is 50.1 Å². The number of nitrogens with one attached hydrogen (secondary N) is 2. The zero-order valence-corrected chi connectivity index (χ0v) is 14.6. The van der Waals surface area contributed by atoms with Gasteiger partial charge in [0.25, 0.3) is 5.91 Å². The molecule has 0 atom stereocenters. The number of anilines is 1. The third kappa shape index (κ3) is 4.58. The van der Waals surface area contributed by atoms with Crippen molar-refractivity contribution in [3.8, 4) is 0 Å². The summed E-state index contributed by atoms with van der Waals surface area (Å²) in [6, 6.07) is 9.86. The van der Waals surface area contributed by atoms with Crippen LogP contribution in [0.15, 0.2) is 34.1 Å². The van der Waals surface area contributed by atoms with Gasteiger partial charge < -0.3 is 10.6 Å². The highest BCUT2D eigenvalue weighted by Crippen LogP contribution is 2.22. The summed E-state index contributed by atoms with van der Waals surface area (Å²) in [7, 11) is 0. The minimum Gasteiger partial charge on any atom is -0.385 e. The number of carbonyl (C=O) groups excluding carboxylic acids is 1. The van der Waals surface area contributed by atoms with Crippen molar-refractivity contribution in [2.45, 2.75) is 20.3 Å². The molecule has 0 unspecified atom stereocenters. The predicted molar refractivity (Wildman–Crippen MR) is 93.4 cm³/mol. The largest absolute Gasteiger partial charge is 0.385 e. The van der Waals surface area contributed by atoms with Gasteiger partial charge in [0.2, 0.25) is 0 Å².